The van der Waals surface area contributed by atoms with Gasteiger partial charge in [-0.15, -0.1) is 0 Å². The second-order valence-corrected chi connectivity index (χ2v) is 3.67. The standard InChI is InChI=1S/C11H14N4O4/c1-2-13-8-5-7(3-4-9(8)15(18)19)11(17)14-6-10(12)16/h3-5,13H,2,6H2,1H3,(H2,12,16)(H,14,17). The van der Waals surface area contributed by atoms with Crippen LogP contribution in [0.25, 0.3) is 0 Å². The Balaban J connectivity index is 2.97. The van der Waals surface area contributed by atoms with E-state index < -0.39 is 16.7 Å². The highest BCUT2D eigenvalue weighted by Crippen LogP contribution is 2.25. The molecule has 0 bridgehead atoms. The molecule has 0 aliphatic rings. The van der Waals surface area contributed by atoms with Crippen LogP contribution in [0.2, 0.25) is 0 Å². The lowest BCUT2D eigenvalue weighted by atomic mass is 10.1. The van der Waals surface area contributed by atoms with E-state index in [1.807, 2.05) is 0 Å². The number of hydrogen-bond acceptors (Lipinski definition) is 5. The molecule has 0 saturated carbocycles. The minimum atomic E-state index is -0.665. The number of nitro groups is 1. The topological polar surface area (TPSA) is 127 Å². The Morgan fingerprint density at radius 1 is 1.42 bits per heavy atom. The first-order chi connectivity index (χ1) is 8.95. The number of nitrogens with one attached hydrogen (secondary N) is 2. The van der Waals surface area contributed by atoms with E-state index in [1.165, 1.54) is 18.2 Å². The lowest BCUT2D eigenvalue weighted by Gasteiger charge is -2.07. The maximum absolute atomic E-state index is 11.7. The van der Waals surface area contributed by atoms with E-state index in [9.17, 15) is 19.7 Å². The summed E-state index contributed by atoms with van der Waals surface area (Å²) in [6.45, 7) is 1.98. The van der Waals surface area contributed by atoms with E-state index in [0.717, 1.165) is 0 Å². The SMILES string of the molecule is CCNc1cc(C(=O)NCC(N)=O)ccc1[N+](=O)[O-]. The molecule has 0 aliphatic heterocycles. The third kappa shape index (κ3) is 3.95. The molecule has 0 radical (unpaired) electrons. The number of rotatable bonds is 6. The van der Waals surface area contributed by atoms with Crippen molar-refractivity contribution in [1.29, 1.82) is 0 Å². The zero-order valence-electron chi connectivity index (χ0n) is 10.3. The van der Waals surface area contributed by atoms with Gasteiger partial charge in [0, 0.05) is 18.2 Å². The van der Waals surface area contributed by atoms with Crippen LogP contribution in [-0.2, 0) is 4.79 Å². The molecule has 0 fully saturated rings. The molecule has 1 aromatic carbocycles. The van der Waals surface area contributed by atoms with Crippen LogP contribution in [-0.4, -0.2) is 29.8 Å². The maximum Gasteiger partial charge on any atom is 0.292 e. The number of nitrogens with zero attached hydrogens (tertiary/aromatic N) is 1. The highest BCUT2D eigenvalue weighted by Gasteiger charge is 2.16. The van der Waals surface area contributed by atoms with Crippen molar-refractivity contribution in [3.63, 3.8) is 0 Å². The van der Waals surface area contributed by atoms with Crippen molar-refractivity contribution in [2.75, 3.05) is 18.4 Å². The summed E-state index contributed by atoms with van der Waals surface area (Å²) in [4.78, 5) is 32.5. The van der Waals surface area contributed by atoms with Crippen molar-refractivity contribution in [3.05, 3.63) is 33.9 Å². The largest absolute Gasteiger partial charge is 0.380 e. The normalized spacial score (nSPS) is 9.74. The molecule has 102 valence electrons. The fourth-order valence-electron chi connectivity index (χ4n) is 1.44. The molecule has 19 heavy (non-hydrogen) atoms. The number of primary amides is 1. The Labute approximate surface area is 109 Å². The number of hydrogen-bond donors (Lipinski definition) is 3. The minimum Gasteiger partial charge on any atom is -0.380 e. The molecule has 1 rings (SSSR count). The Morgan fingerprint density at radius 3 is 2.63 bits per heavy atom. The molecule has 0 aromatic heterocycles. The molecule has 1 aromatic rings. The zero-order chi connectivity index (χ0) is 14.4. The van der Waals surface area contributed by atoms with Crippen LogP contribution in [0.1, 0.15) is 17.3 Å². The predicted octanol–water partition coefficient (Wildman–Crippen LogP) is 0.242. The number of carbonyl (C=O) groups is 2. The van der Waals surface area contributed by atoms with E-state index in [2.05, 4.69) is 10.6 Å². The Bertz CT molecular complexity index is 515. The number of nitrogens with two attached hydrogens (primary N) is 1. The van der Waals surface area contributed by atoms with E-state index in [4.69, 9.17) is 5.73 Å². The lowest BCUT2D eigenvalue weighted by molar-refractivity contribution is -0.384. The summed E-state index contributed by atoms with van der Waals surface area (Å²) in [5.41, 5.74) is 5.25. The first-order valence-electron chi connectivity index (χ1n) is 5.54. The van der Waals surface area contributed by atoms with Crippen LogP contribution in [0.5, 0.6) is 0 Å². The van der Waals surface area contributed by atoms with Crippen molar-refractivity contribution in [3.8, 4) is 0 Å². The fraction of sp³-hybridized carbons (Fsp3) is 0.273. The smallest absolute Gasteiger partial charge is 0.292 e. The number of carbonyl (C=O) groups excluding carboxylic acids is 2. The molecule has 4 N–H and O–H groups in total. The third-order valence-electron chi connectivity index (χ3n) is 2.25. The van der Waals surface area contributed by atoms with Gasteiger partial charge < -0.3 is 16.4 Å². The summed E-state index contributed by atoms with van der Waals surface area (Å²) >= 11 is 0. The zero-order valence-corrected chi connectivity index (χ0v) is 10.3. The number of anilines is 1. The van der Waals surface area contributed by atoms with Crippen LogP contribution >= 0.6 is 0 Å². The molecule has 8 heteroatoms. The first-order valence-corrected chi connectivity index (χ1v) is 5.54. The summed E-state index contributed by atoms with van der Waals surface area (Å²) in [6, 6.07) is 3.91. The van der Waals surface area contributed by atoms with E-state index in [-0.39, 0.29) is 23.5 Å². The molecule has 0 spiro atoms. The Kier molecular flexibility index (Phi) is 4.81. The van der Waals surface area contributed by atoms with Crippen LogP contribution in [0.15, 0.2) is 18.2 Å². The highest BCUT2D eigenvalue weighted by atomic mass is 16.6. The summed E-state index contributed by atoms with van der Waals surface area (Å²) in [6.07, 6.45) is 0. The monoisotopic (exact) mass is 266 g/mol. The van der Waals surface area contributed by atoms with Crippen molar-refractivity contribution < 1.29 is 14.5 Å². The minimum absolute atomic E-state index is 0.117. The van der Waals surface area contributed by atoms with Gasteiger partial charge in [0.05, 0.1) is 11.5 Å². The second kappa shape index (κ2) is 6.34. The molecule has 2 amide bonds. The van der Waals surface area contributed by atoms with E-state index in [0.29, 0.717) is 6.54 Å². The summed E-state index contributed by atoms with van der Waals surface area (Å²) < 4.78 is 0. The highest BCUT2D eigenvalue weighted by molar-refractivity contribution is 5.97. The Morgan fingerprint density at radius 2 is 2.11 bits per heavy atom. The van der Waals surface area contributed by atoms with Gasteiger partial charge in [0.1, 0.15) is 5.69 Å². The van der Waals surface area contributed by atoms with Crippen molar-refractivity contribution in [1.82, 2.24) is 5.32 Å². The van der Waals surface area contributed by atoms with Gasteiger partial charge in [0.15, 0.2) is 0 Å². The van der Waals surface area contributed by atoms with Gasteiger partial charge in [-0.1, -0.05) is 0 Å². The van der Waals surface area contributed by atoms with Gasteiger partial charge in [-0.05, 0) is 19.1 Å². The van der Waals surface area contributed by atoms with E-state index >= 15 is 0 Å². The maximum atomic E-state index is 11.7. The van der Waals surface area contributed by atoms with Crippen LogP contribution in [0.4, 0.5) is 11.4 Å². The van der Waals surface area contributed by atoms with Gasteiger partial charge in [0.2, 0.25) is 5.91 Å². The first kappa shape index (κ1) is 14.4. The lowest BCUT2D eigenvalue weighted by Crippen LogP contribution is -2.33. The van der Waals surface area contributed by atoms with Crippen molar-refractivity contribution in [2.45, 2.75) is 6.92 Å². The summed E-state index contributed by atoms with van der Waals surface area (Å²) in [5.74, 6) is -1.19. The molecule has 0 heterocycles. The quantitative estimate of drug-likeness (QED) is 0.502. The van der Waals surface area contributed by atoms with Gasteiger partial charge in [-0.2, -0.15) is 0 Å². The summed E-state index contributed by atoms with van der Waals surface area (Å²) in [7, 11) is 0. The van der Waals surface area contributed by atoms with Crippen LogP contribution in [0.3, 0.4) is 0 Å². The fourth-order valence-corrected chi connectivity index (χ4v) is 1.44. The molecule has 0 atom stereocenters. The van der Waals surface area contributed by atoms with Crippen LogP contribution in [0, 0.1) is 10.1 Å². The average molecular weight is 266 g/mol. The van der Waals surface area contributed by atoms with Gasteiger partial charge in [-0.3, -0.25) is 19.7 Å². The van der Waals surface area contributed by atoms with Crippen molar-refractivity contribution in [2.24, 2.45) is 5.73 Å². The van der Waals surface area contributed by atoms with Gasteiger partial charge >= 0.3 is 0 Å². The molecule has 0 saturated heterocycles. The summed E-state index contributed by atoms with van der Waals surface area (Å²) in [5, 5.41) is 15.9. The third-order valence-corrected chi connectivity index (χ3v) is 2.25. The second-order valence-electron chi connectivity index (χ2n) is 3.67. The number of nitro benzene ring substituents is 1. The average Bonchev–Trinajstić information content (AvgIpc) is 2.35. The number of amides is 2. The number of benzene rings is 1. The molecule has 8 nitrogen and oxygen atoms in total. The molecule has 0 unspecified atom stereocenters. The molecular formula is C11H14N4O4. The molecule has 0 aliphatic carbocycles. The van der Waals surface area contributed by atoms with Gasteiger partial charge in [-0.25, -0.2) is 0 Å². The van der Waals surface area contributed by atoms with Crippen molar-refractivity contribution >= 4 is 23.2 Å². The van der Waals surface area contributed by atoms with Crippen LogP contribution < -0.4 is 16.4 Å². The van der Waals surface area contributed by atoms with E-state index in [1.54, 1.807) is 6.92 Å². The predicted molar refractivity (Wildman–Crippen MR) is 68.8 cm³/mol. The van der Waals surface area contributed by atoms with Gasteiger partial charge in [0.25, 0.3) is 11.6 Å². The molecular weight excluding hydrogens is 252 g/mol. The Hall–Kier alpha value is -2.64.